The Kier molecular flexibility index (Phi) is 9.86. The van der Waals surface area contributed by atoms with E-state index in [1.807, 2.05) is 73.7 Å². The van der Waals surface area contributed by atoms with Crippen molar-refractivity contribution in [3.63, 3.8) is 0 Å². The minimum absolute atomic E-state index is 0.0580. The highest BCUT2D eigenvalue weighted by molar-refractivity contribution is 7.99. The lowest BCUT2D eigenvalue weighted by Crippen LogP contribution is -2.52. The molecule has 0 aromatic heterocycles. The molecule has 6 nitrogen and oxygen atoms in total. The fourth-order valence-corrected chi connectivity index (χ4v) is 5.64. The fraction of sp³-hybridized carbons (Fsp3) is 0.235. The van der Waals surface area contributed by atoms with Gasteiger partial charge in [0, 0.05) is 11.3 Å². The Hall–Kier alpha value is -3.91. The number of esters is 2. The van der Waals surface area contributed by atoms with Crippen LogP contribution in [-0.4, -0.2) is 42.3 Å². The monoisotopic (exact) mass is 568 g/mol. The summed E-state index contributed by atoms with van der Waals surface area (Å²) < 4.78 is 24.7. The number of ether oxygens (including phenoxy) is 4. The zero-order valence-corrected chi connectivity index (χ0v) is 23.6. The minimum Gasteiger partial charge on any atom is -0.459 e. The molecule has 1 heterocycles. The molecule has 41 heavy (non-hydrogen) atoms. The zero-order valence-electron chi connectivity index (χ0n) is 22.8. The van der Waals surface area contributed by atoms with Gasteiger partial charge in [0.25, 0.3) is 0 Å². The first-order valence-electron chi connectivity index (χ1n) is 13.6. The summed E-state index contributed by atoms with van der Waals surface area (Å²) in [5, 5.41) is 0. The van der Waals surface area contributed by atoms with Gasteiger partial charge in [-0.3, -0.25) is 0 Å². The molecular formula is C34H32O6S. The minimum atomic E-state index is -0.670. The molecule has 1 aliphatic heterocycles. The predicted octanol–water partition coefficient (Wildman–Crippen LogP) is 6.87. The predicted molar refractivity (Wildman–Crippen MR) is 158 cm³/mol. The van der Waals surface area contributed by atoms with Crippen LogP contribution in [0.25, 0.3) is 0 Å². The first-order chi connectivity index (χ1) is 20.0. The molecule has 1 aliphatic rings. The summed E-state index contributed by atoms with van der Waals surface area (Å²) in [6, 6.07) is 35.6. The van der Waals surface area contributed by atoms with Gasteiger partial charge in [-0.05, 0) is 48.9 Å². The van der Waals surface area contributed by atoms with E-state index >= 15 is 0 Å². The molecule has 0 amide bonds. The quantitative estimate of drug-likeness (QED) is 0.193. The van der Waals surface area contributed by atoms with Crippen LogP contribution in [0.3, 0.4) is 0 Å². The molecule has 0 aliphatic carbocycles. The maximum Gasteiger partial charge on any atom is 0.338 e. The Bertz CT molecular complexity index is 1400. The van der Waals surface area contributed by atoms with Crippen molar-refractivity contribution in [3.05, 3.63) is 138 Å². The average molecular weight is 569 g/mol. The highest BCUT2D eigenvalue weighted by Crippen LogP contribution is 2.36. The standard InChI is InChI=1S/C34H32O6S/c1-24-17-19-28(20-18-24)41-31-21-29(40-34(36)27-15-9-4-10-16-27)32(37-22-25-11-5-2-6-12-25)30(39-31)23-38-33(35)26-13-7-3-8-14-26/h2-20,29-32H,21-23H2,1H3/t29-,30+,31-,32-/m0/s1. The van der Waals surface area contributed by atoms with Crippen LogP contribution in [-0.2, 0) is 25.6 Å². The molecule has 210 valence electrons. The van der Waals surface area contributed by atoms with E-state index in [1.54, 1.807) is 60.3 Å². The normalized spacial score (nSPS) is 20.2. The molecule has 0 radical (unpaired) electrons. The largest absolute Gasteiger partial charge is 0.459 e. The van der Waals surface area contributed by atoms with Gasteiger partial charge in [-0.25, -0.2) is 9.59 Å². The summed E-state index contributed by atoms with van der Waals surface area (Å²) in [4.78, 5) is 27.0. The van der Waals surface area contributed by atoms with Gasteiger partial charge in [0.15, 0.2) is 0 Å². The molecular weight excluding hydrogens is 536 g/mol. The van der Waals surface area contributed by atoms with Gasteiger partial charge in [-0.15, -0.1) is 0 Å². The third kappa shape index (κ3) is 8.07. The zero-order chi connectivity index (χ0) is 28.4. The van der Waals surface area contributed by atoms with Crippen molar-refractivity contribution in [3.8, 4) is 0 Å². The Balaban J connectivity index is 1.39. The van der Waals surface area contributed by atoms with Gasteiger partial charge in [-0.2, -0.15) is 0 Å². The number of carbonyl (C=O) groups excluding carboxylic acids is 2. The third-order valence-corrected chi connectivity index (χ3v) is 7.82. The van der Waals surface area contributed by atoms with Crippen molar-refractivity contribution in [2.75, 3.05) is 6.61 Å². The van der Waals surface area contributed by atoms with Crippen LogP contribution in [0.4, 0.5) is 0 Å². The summed E-state index contributed by atoms with van der Waals surface area (Å²) in [5.74, 6) is -0.896. The Morgan fingerprint density at radius 1 is 0.780 bits per heavy atom. The topological polar surface area (TPSA) is 71.1 Å². The lowest BCUT2D eigenvalue weighted by atomic mass is 10.0. The van der Waals surface area contributed by atoms with E-state index in [0.29, 0.717) is 17.5 Å². The number of hydrogen-bond acceptors (Lipinski definition) is 7. The van der Waals surface area contributed by atoms with Gasteiger partial charge in [0.1, 0.15) is 30.4 Å². The summed E-state index contributed by atoms with van der Waals surface area (Å²) in [5.41, 5.74) is 2.67. The van der Waals surface area contributed by atoms with E-state index in [2.05, 4.69) is 0 Å². The Morgan fingerprint density at radius 2 is 1.37 bits per heavy atom. The SMILES string of the molecule is Cc1ccc(S[C@H]2C[C@H](OC(=O)c3ccccc3)[C@H](OCc3ccccc3)[C@@H](COC(=O)c3ccccc3)O2)cc1. The van der Waals surface area contributed by atoms with Crippen LogP contribution < -0.4 is 0 Å². The van der Waals surface area contributed by atoms with Crippen LogP contribution >= 0.6 is 11.8 Å². The molecule has 5 rings (SSSR count). The molecule has 0 spiro atoms. The van der Waals surface area contributed by atoms with Crippen LogP contribution in [0.2, 0.25) is 0 Å². The first-order valence-corrected chi connectivity index (χ1v) is 14.5. The van der Waals surface area contributed by atoms with Gasteiger partial charge in [0.2, 0.25) is 0 Å². The van der Waals surface area contributed by atoms with Crippen molar-refractivity contribution < 1.29 is 28.5 Å². The van der Waals surface area contributed by atoms with E-state index in [-0.39, 0.29) is 18.6 Å². The van der Waals surface area contributed by atoms with Gasteiger partial charge in [-0.1, -0.05) is 96.2 Å². The van der Waals surface area contributed by atoms with Gasteiger partial charge in [0.05, 0.1) is 17.7 Å². The van der Waals surface area contributed by atoms with E-state index in [4.69, 9.17) is 18.9 Å². The number of hydrogen-bond donors (Lipinski definition) is 0. The van der Waals surface area contributed by atoms with E-state index in [1.165, 1.54) is 0 Å². The highest BCUT2D eigenvalue weighted by Gasteiger charge is 2.43. The van der Waals surface area contributed by atoms with Crippen LogP contribution in [0.1, 0.15) is 38.3 Å². The second-order valence-electron chi connectivity index (χ2n) is 9.81. The maximum absolute atomic E-state index is 13.2. The number of aryl methyl sites for hydroxylation is 1. The number of thioether (sulfide) groups is 1. The molecule has 4 aromatic rings. The molecule has 0 bridgehead atoms. The van der Waals surface area contributed by atoms with E-state index < -0.39 is 30.3 Å². The summed E-state index contributed by atoms with van der Waals surface area (Å²) in [6.07, 6.45) is -1.57. The van der Waals surface area contributed by atoms with Gasteiger partial charge >= 0.3 is 11.9 Å². The Labute approximate surface area is 244 Å². The molecule has 1 fully saturated rings. The average Bonchev–Trinajstić information content (AvgIpc) is 3.02. The van der Waals surface area contributed by atoms with Crippen molar-refractivity contribution in [2.45, 2.75) is 48.6 Å². The smallest absolute Gasteiger partial charge is 0.338 e. The number of carbonyl (C=O) groups is 2. The number of benzene rings is 4. The Morgan fingerprint density at radius 3 is 2.00 bits per heavy atom. The lowest BCUT2D eigenvalue weighted by molar-refractivity contribution is -0.184. The molecule has 0 unspecified atom stereocenters. The first kappa shape index (κ1) is 28.6. The molecule has 7 heteroatoms. The molecule has 1 saturated heterocycles. The van der Waals surface area contributed by atoms with Crippen LogP contribution in [0.15, 0.2) is 120 Å². The van der Waals surface area contributed by atoms with E-state index in [9.17, 15) is 9.59 Å². The molecule has 4 aromatic carbocycles. The van der Waals surface area contributed by atoms with Crippen molar-refractivity contribution >= 4 is 23.7 Å². The molecule has 4 atom stereocenters. The summed E-state index contributed by atoms with van der Waals surface area (Å²) >= 11 is 1.54. The maximum atomic E-state index is 13.2. The van der Waals surface area contributed by atoms with Crippen molar-refractivity contribution in [1.29, 1.82) is 0 Å². The second-order valence-corrected chi connectivity index (χ2v) is 11.0. The molecule has 0 N–H and O–H groups in total. The molecule has 0 saturated carbocycles. The van der Waals surface area contributed by atoms with E-state index in [0.717, 1.165) is 16.0 Å². The van der Waals surface area contributed by atoms with Crippen molar-refractivity contribution in [1.82, 2.24) is 0 Å². The summed E-state index contributed by atoms with van der Waals surface area (Å²) in [6.45, 7) is 2.26. The summed E-state index contributed by atoms with van der Waals surface area (Å²) in [7, 11) is 0. The van der Waals surface area contributed by atoms with Crippen molar-refractivity contribution in [2.24, 2.45) is 0 Å². The lowest BCUT2D eigenvalue weighted by Gasteiger charge is -2.40. The van der Waals surface area contributed by atoms with Crippen LogP contribution in [0, 0.1) is 6.92 Å². The van der Waals surface area contributed by atoms with Gasteiger partial charge < -0.3 is 18.9 Å². The number of rotatable bonds is 10. The fourth-order valence-electron chi connectivity index (χ4n) is 4.56. The third-order valence-electron chi connectivity index (χ3n) is 6.71. The second kappa shape index (κ2) is 14.1. The highest BCUT2D eigenvalue weighted by atomic mass is 32.2. The van der Waals surface area contributed by atoms with Crippen LogP contribution in [0.5, 0.6) is 0 Å².